The molecule has 2 heterocycles. The summed E-state index contributed by atoms with van der Waals surface area (Å²) in [5.41, 5.74) is 10.1. The van der Waals surface area contributed by atoms with E-state index in [0.717, 1.165) is 35.2 Å². The fourth-order valence-corrected chi connectivity index (χ4v) is 2.59. The lowest BCUT2D eigenvalue weighted by Gasteiger charge is -2.19. The molecule has 0 aliphatic heterocycles. The number of hydrogen-bond acceptors (Lipinski definition) is 5. The van der Waals surface area contributed by atoms with Gasteiger partial charge in [-0.05, 0) is 24.8 Å². The number of anilines is 1. The Morgan fingerprint density at radius 2 is 1.91 bits per heavy atom. The van der Waals surface area contributed by atoms with Crippen LogP contribution >= 0.6 is 0 Å². The summed E-state index contributed by atoms with van der Waals surface area (Å²) < 4.78 is 0. The van der Waals surface area contributed by atoms with Crippen LogP contribution in [0.25, 0.3) is 11.1 Å². The molecule has 5 heteroatoms. The largest absolute Gasteiger partial charge is 0.383 e. The molecule has 5 nitrogen and oxygen atoms in total. The van der Waals surface area contributed by atoms with Crippen molar-refractivity contribution in [1.82, 2.24) is 15.0 Å². The Bertz CT molecular complexity index is 711. The summed E-state index contributed by atoms with van der Waals surface area (Å²) in [6, 6.07) is 2.20. The topological polar surface area (TPSA) is 88.5 Å². The van der Waals surface area contributed by atoms with Crippen molar-refractivity contribution in [1.29, 1.82) is 5.26 Å². The first kappa shape index (κ1) is 15.9. The van der Waals surface area contributed by atoms with E-state index < -0.39 is 0 Å². The van der Waals surface area contributed by atoms with Crippen LogP contribution in [0.2, 0.25) is 0 Å². The van der Waals surface area contributed by atoms with Crippen LogP contribution in [0.1, 0.15) is 55.8 Å². The van der Waals surface area contributed by atoms with Gasteiger partial charge in [-0.1, -0.05) is 27.2 Å². The fraction of sp³-hybridized carbons (Fsp3) is 0.412. The highest BCUT2D eigenvalue weighted by Crippen LogP contribution is 2.35. The summed E-state index contributed by atoms with van der Waals surface area (Å²) in [6.07, 6.45) is 5.32. The molecule has 0 atom stereocenters. The molecule has 0 fully saturated rings. The fourth-order valence-electron chi connectivity index (χ4n) is 2.59. The number of nitriles is 1. The molecule has 114 valence electrons. The maximum absolute atomic E-state index is 9.53. The molecule has 2 aromatic heterocycles. The van der Waals surface area contributed by atoms with Crippen molar-refractivity contribution in [3.8, 4) is 17.2 Å². The van der Waals surface area contributed by atoms with E-state index >= 15 is 0 Å². The van der Waals surface area contributed by atoms with Gasteiger partial charge in [0.05, 0.1) is 0 Å². The van der Waals surface area contributed by atoms with Crippen molar-refractivity contribution in [2.75, 3.05) is 5.73 Å². The highest BCUT2D eigenvalue weighted by atomic mass is 14.9. The maximum atomic E-state index is 9.53. The van der Waals surface area contributed by atoms with Gasteiger partial charge in [-0.15, -0.1) is 0 Å². The SMILES string of the molecule is CCCc1c(C(C)C)nc(N)c(C#N)c1-c1cnc(C)nc1. The molecule has 0 aliphatic carbocycles. The zero-order valence-corrected chi connectivity index (χ0v) is 13.5. The average Bonchev–Trinajstić information content (AvgIpc) is 2.49. The normalized spacial score (nSPS) is 10.7. The number of pyridine rings is 1. The van der Waals surface area contributed by atoms with Crippen molar-refractivity contribution in [2.24, 2.45) is 0 Å². The Hall–Kier alpha value is -2.48. The monoisotopic (exact) mass is 295 g/mol. The van der Waals surface area contributed by atoms with Gasteiger partial charge in [-0.3, -0.25) is 0 Å². The molecular weight excluding hydrogens is 274 g/mol. The minimum absolute atomic E-state index is 0.238. The number of hydrogen-bond donors (Lipinski definition) is 1. The van der Waals surface area contributed by atoms with Crippen molar-refractivity contribution >= 4 is 5.82 Å². The predicted octanol–water partition coefficient (Wildman–Crippen LogP) is 3.38. The molecule has 0 spiro atoms. The first-order valence-corrected chi connectivity index (χ1v) is 7.50. The third kappa shape index (κ3) is 2.91. The van der Waals surface area contributed by atoms with Gasteiger partial charge in [-0.2, -0.15) is 5.26 Å². The molecule has 2 aromatic rings. The van der Waals surface area contributed by atoms with Gasteiger partial charge in [-0.25, -0.2) is 15.0 Å². The van der Waals surface area contributed by atoms with E-state index in [1.54, 1.807) is 12.4 Å². The van der Waals surface area contributed by atoms with Crippen molar-refractivity contribution < 1.29 is 0 Å². The van der Waals surface area contributed by atoms with Crippen LogP contribution in [0, 0.1) is 18.3 Å². The standard InChI is InChI=1S/C17H21N5/c1-5-6-13-15(12-8-20-11(4)21-9-12)14(7-18)17(19)22-16(13)10(2)3/h8-10H,5-6H2,1-4H3,(H2,19,22). The van der Waals surface area contributed by atoms with E-state index in [-0.39, 0.29) is 11.7 Å². The zero-order valence-electron chi connectivity index (χ0n) is 13.5. The Kier molecular flexibility index (Phi) is 4.71. The second-order valence-corrected chi connectivity index (χ2v) is 5.65. The van der Waals surface area contributed by atoms with Crippen LogP contribution in [0.15, 0.2) is 12.4 Å². The molecule has 0 radical (unpaired) electrons. The minimum atomic E-state index is 0.238. The van der Waals surface area contributed by atoms with Gasteiger partial charge >= 0.3 is 0 Å². The third-order valence-electron chi connectivity index (χ3n) is 3.59. The third-order valence-corrected chi connectivity index (χ3v) is 3.59. The smallest absolute Gasteiger partial charge is 0.142 e. The summed E-state index contributed by atoms with van der Waals surface area (Å²) in [5, 5.41) is 9.53. The van der Waals surface area contributed by atoms with E-state index in [2.05, 4.69) is 41.8 Å². The number of nitrogens with two attached hydrogens (primary N) is 1. The predicted molar refractivity (Wildman–Crippen MR) is 87.2 cm³/mol. The highest BCUT2D eigenvalue weighted by molar-refractivity contribution is 5.78. The molecule has 0 bridgehead atoms. The summed E-state index contributed by atoms with van der Waals surface area (Å²) in [6.45, 7) is 8.12. The second kappa shape index (κ2) is 6.52. The van der Waals surface area contributed by atoms with Crippen LogP contribution in [0.3, 0.4) is 0 Å². The summed E-state index contributed by atoms with van der Waals surface area (Å²) >= 11 is 0. The lowest BCUT2D eigenvalue weighted by Crippen LogP contribution is -2.09. The van der Waals surface area contributed by atoms with Crippen molar-refractivity contribution in [3.63, 3.8) is 0 Å². The minimum Gasteiger partial charge on any atom is -0.383 e. The molecule has 0 amide bonds. The van der Waals surface area contributed by atoms with E-state index in [1.807, 2.05) is 6.92 Å². The molecule has 0 saturated carbocycles. The number of rotatable bonds is 4. The van der Waals surface area contributed by atoms with Gasteiger partial charge in [0.15, 0.2) is 0 Å². The molecule has 0 saturated heterocycles. The van der Waals surface area contributed by atoms with E-state index in [0.29, 0.717) is 11.4 Å². The lowest BCUT2D eigenvalue weighted by atomic mass is 9.90. The molecule has 0 unspecified atom stereocenters. The first-order valence-electron chi connectivity index (χ1n) is 7.50. The average molecular weight is 295 g/mol. The molecule has 0 aliphatic rings. The van der Waals surface area contributed by atoms with Gasteiger partial charge in [0, 0.05) is 29.2 Å². The summed E-state index contributed by atoms with van der Waals surface area (Å²) in [7, 11) is 0. The number of aromatic nitrogens is 3. The number of nitrogens with zero attached hydrogens (tertiary/aromatic N) is 4. The Morgan fingerprint density at radius 1 is 1.27 bits per heavy atom. The van der Waals surface area contributed by atoms with E-state index in [1.165, 1.54) is 0 Å². The van der Waals surface area contributed by atoms with Crippen LogP contribution in [0.4, 0.5) is 5.82 Å². The molecule has 22 heavy (non-hydrogen) atoms. The van der Waals surface area contributed by atoms with Crippen LogP contribution in [0.5, 0.6) is 0 Å². The highest BCUT2D eigenvalue weighted by Gasteiger charge is 2.21. The van der Waals surface area contributed by atoms with Crippen LogP contribution < -0.4 is 5.73 Å². The maximum Gasteiger partial charge on any atom is 0.142 e. The molecular formula is C17H21N5. The van der Waals surface area contributed by atoms with Crippen LogP contribution in [-0.4, -0.2) is 15.0 Å². The van der Waals surface area contributed by atoms with Gasteiger partial charge in [0.2, 0.25) is 0 Å². The van der Waals surface area contributed by atoms with Crippen LogP contribution in [-0.2, 0) is 6.42 Å². The Balaban J connectivity index is 2.83. The first-order chi connectivity index (χ1) is 10.5. The molecule has 2 N–H and O–H groups in total. The Labute approximate surface area is 131 Å². The lowest BCUT2D eigenvalue weighted by molar-refractivity contribution is 0.785. The number of nitrogen functional groups attached to an aromatic ring is 1. The van der Waals surface area contributed by atoms with E-state index in [4.69, 9.17) is 5.73 Å². The van der Waals surface area contributed by atoms with Crippen molar-refractivity contribution in [2.45, 2.75) is 46.5 Å². The number of aryl methyl sites for hydroxylation is 1. The van der Waals surface area contributed by atoms with Gasteiger partial charge in [0.25, 0.3) is 0 Å². The second-order valence-electron chi connectivity index (χ2n) is 5.65. The summed E-state index contributed by atoms with van der Waals surface area (Å²) in [4.78, 5) is 13.0. The molecule has 2 rings (SSSR count). The van der Waals surface area contributed by atoms with E-state index in [9.17, 15) is 5.26 Å². The van der Waals surface area contributed by atoms with Gasteiger partial charge < -0.3 is 5.73 Å². The van der Waals surface area contributed by atoms with Crippen molar-refractivity contribution in [3.05, 3.63) is 35.0 Å². The Morgan fingerprint density at radius 3 is 2.41 bits per heavy atom. The summed E-state index contributed by atoms with van der Waals surface area (Å²) in [5.74, 6) is 1.22. The molecule has 0 aromatic carbocycles. The van der Waals surface area contributed by atoms with Gasteiger partial charge in [0.1, 0.15) is 23.3 Å². The zero-order chi connectivity index (χ0) is 16.3. The quantitative estimate of drug-likeness (QED) is 0.934.